The second kappa shape index (κ2) is 3.64. The molecular formula is C10H8F2N2O2. The quantitative estimate of drug-likeness (QED) is 0.762. The normalized spacial score (nSPS) is 11.0. The van der Waals surface area contributed by atoms with Crippen molar-refractivity contribution in [1.82, 2.24) is 9.97 Å². The molecule has 0 aliphatic heterocycles. The predicted octanol–water partition coefficient (Wildman–Crippen LogP) is 1.00. The molecule has 0 aliphatic rings. The molecule has 84 valence electrons. The standard InChI is InChI=1S/C10H8F2N2O2/c1-4-10(16)14-6-2-5(3-15)7(11)8(12)9(6)13-4/h2,15H,3H2,1H3,(H,14,16). The van der Waals surface area contributed by atoms with Gasteiger partial charge < -0.3 is 10.1 Å². The fraction of sp³-hybridized carbons (Fsp3) is 0.200. The summed E-state index contributed by atoms with van der Waals surface area (Å²) in [6, 6.07) is 1.17. The van der Waals surface area contributed by atoms with Crippen LogP contribution >= 0.6 is 0 Å². The second-order valence-corrected chi connectivity index (χ2v) is 3.37. The Morgan fingerprint density at radius 3 is 2.75 bits per heavy atom. The van der Waals surface area contributed by atoms with E-state index < -0.39 is 23.8 Å². The van der Waals surface area contributed by atoms with Crippen molar-refractivity contribution in [3.63, 3.8) is 0 Å². The van der Waals surface area contributed by atoms with E-state index in [2.05, 4.69) is 9.97 Å². The van der Waals surface area contributed by atoms with Crippen LogP contribution in [0.1, 0.15) is 11.3 Å². The maximum absolute atomic E-state index is 13.5. The van der Waals surface area contributed by atoms with E-state index in [1.807, 2.05) is 0 Å². The smallest absolute Gasteiger partial charge is 0.269 e. The molecule has 0 aliphatic carbocycles. The van der Waals surface area contributed by atoms with Crippen LogP contribution in [0.2, 0.25) is 0 Å². The second-order valence-electron chi connectivity index (χ2n) is 3.37. The summed E-state index contributed by atoms with van der Waals surface area (Å²) in [6.45, 7) is 0.754. The zero-order valence-electron chi connectivity index (χ0n) is 8.34. The molecule has 0 bridgehead atoms. The third kappa shape index (κ3) is 1.47. The lowest BCUT2D eigenvalue weighted by Crippen LogP contribution is -2.13. The van der Waals surface area contributed by atoms with Gasteiger partial charge in [-0.2, -0.15) is 0 Å². The van der Waals surface area contributed by atoms with Gasteiger partial charge in [0.15, 0.2) is 11.6 Å². The van der Waals surface area contributed by atoms with Crippen LogP contribution in [-0.2, 0) is 6.61 Å². The minimum Gasteiger partial charge on any atom is -0.392 e. The van der Waals surface area contributed by atoms with Gasteiger partial charge >= 0.3 is 0 Å². The molecule has 0 fully saturated rings. The first-order valence-corrected chi connectivity index (χ1v) is 4.53. The van der Waals surface area contributed by atoms with Crippen molar-refractivity contribution >= 4 is 11.0 Å². The number of fused-ring (bicyclic) bond motifs is 1. The highest BCUT2D eigenvalue weighted by atomic mass is 19.2. The Balaban J connectivity index is 2.93. The molecule has 0 radical (unpaired) electrons. The van der Waals surface area contributed by atoms with Crippen molar-refractivity contribution in [2.24, 2.45) is 0 Å². The molecule has 0 amide bonds. The Hall–Kier alpha value is -1.82. The van der Waals surface area contributed by atoms with Gasteiger partial charge in [-0.05, 0) is 13.0 Å². The minimum atomic E-state index is -1.17. The van der Waals surface area contributed by atoms with E-state index in [-0.39, 0.29) is 22.3 Å². The number of aryl methyl sites for hydroxylation is 1. The summed E-state index contributed by atoms with van der Waals surface area (Å²) in [4.78, 5) is 17.3. The van der Waals surface area contributed by atoms with E-state index in [0.29, 0.717) is 0 Å². The van der Waals surface area contributed by atoms with Crippen LogP contribution in [0.3, 0.4) is 0 Å². The SMILES string of the molecule is Cc1nc2c(F)c(F)c(CO)cc2[nH]c1=O. The number of nitrogens with zero attached hydrogens (tertiary/aromatic N) is 1. The van der Waals surface area contributed by atoms with Gasteiger partial charge in [0.2, 0.25) is 0 Å². The van der Waals surface area contributed by atoms with E-state index >= 15 is 0 Å². The summed E-state index contributed by atoms with van der Waals surface area (Å²) in [5, 5.41) is 8.81. The molecule has 0 unspecified atom stereocenters. The molecule has 1 aromatic heterocycles. The molecule has 2 aromatic rings. The lowest BCUT2D eigenvalue weighted by Gasteiger charge is -2.05. The van der Waals surface area contributed by atoms with Gasteiger partial charge in [0.05, 0.1) is 12.1 Å². The maximum atomic E-state index is 13.5. The van der Waals surface area contributed by atoms with Crippen molar-refractivity contribution in [3.05, 3.63) is 39.3 Å². The molecule has 0 saturated carbocycles. The van der Waals surface area contributed by atoms with Gasteiger partial charge in [0.1, 0.15) is 11.2 Å². The van der Waals surface area contributed by atoms with Crippen molar-refractivity contribution in [3.8, 4) is 0 Å². The lowest BCUT2D eigenvalue weighted by molar-refractivity contribution is 0.274. The van der Waals surface area contributed by atoms with Crippen molar-refractivity contribution in [2.45, 2.75) is 13.5 Å². The van der Waals surface area contributed by atoms with E-state index in [0.717, 1.165) is 0 Å². The molecule has 2 N–H and O–H groups in total. The van der Waals surface area contributed by atoms with Crippen molar-refractivity contribution < 1.29 is 13.9 Å². The number of rotatable bonds is 1. The van der Waals surface area contributed by atoms with Gasteiger partial charge in [0.25, 0.3) is 5.56 Å². The third-order valence-electron chi connectivity index (χ3n) is 2.28. The number of nitrogens with one attached hydrogen (secondary N) is 1. The molecular weight excluding hydrogens is 218 g/mol. The van der Waals surface area contributed by atoms with E-state index in [9.17, 15) is 13.6 Å². The Labute approximate surface area is 88.6 Å². The molecule has 16 heavy (non-hydrogen) atoms. The summed E-state index contributed by atoms with van der Waals surface area (Å²) in [6.07, 6.45) is 0. The molecule has 6 heteroatoms. The Morgan fingerprint density at radius 1 is 1.44 bits per heavy atom. The van der Waals surface area contributed by atoms with Gasteiger partial charge in [-0.1, -0.05) is 0 Å². The topological polar surface area (TPSA) is 66.0 Å². The Bertz CT molecular complexity index is 622. The molecule has 2 rings (SSSR count). The summed E-state index contributed by atoms with van der Waals surface area (Å²) < 4.78 is 26.8. The summed E-state index contributed by atoms with van der Waals surface area (Å²) in [5.41, 5.74) is -0.804. The number of hydrogen-bond acceptors (Lipinski definition) is 3. The fourth-order valence-electron chi connectivity index (χ4n) is 1.42. The van der Waals surface area contributed by atoms with E-state index in [1.54, 1.807) is 0 Å². The Kier molecular flexibility index (Phi) is 2.43. The number of H-pyrrole nitrogens is 1. The van der Waals surface area contributed by atoms with Gasteiger partial charge in [-0.15, -0.1) is 0 Å². The van der Waals surface area contributed by atoms with E-state index in [1.165, 1.54) is 13.0 Å². The van der Waals surface area contributed by atoms with Crippen LogP contribution in [0, 0.1) is 18.6 Å². The number of aliphatic hydroxyl groups excluding tert-OH is 1. The molecule has 0 spiro atoms. The summed E-state index contributed by atoms with van der Waals surface area (Å²) >= 11 is 0. The number of aromatic amines is 1. The van der Waals surface area contributed by atoms with Crippen LogP contribution in [-0.4, -0.2) is 15.1 Å². The zero-order chi connectivity index (χ0) is 11.9. The monoisotopic (exact) mass is 226 g/mol. The molecule has 0 saturated heterocycles. The van der Waals surface area contributed by atoms with Gasteiger partial charge in [-0.25, -0.2) is 13.8 Å². The number of aliphatic hydroxyl groups is 1. The third-order valence-corrected chi connectivity index (χ3v) is 2.28. The first-order chi connectivity index (χ1) is 7.54. The first kappa shape index (κ1) is 10.7. The first-order valence-electron chi connectivity index (χ1n) is 4.53. The van der Waals surface area contributed by atoms with Crippen molar-refractivity contribution in [2.75, 3.05) is 0 Å². The highest BCUT2D eigenvalue weighted by Crippen LogP contribution is 2.20. The van der Waals surface area contributed by atoms with E-state index in [4.69, 9.17) is 5.11 Å². The van der Waals surface area contributed by atoms with Crippen LogP contribution in [0.4, 0.5) is 8.78 Å². The van der Waals surface area contributed by atoms with Gasteiger partial charge in [-0.3, -0.25) is 4.79 Å². The maximum Gasteiger partial charge on any atom is 0.269 e. The average molecular weight is 226 g/mol. The molecule has 1 aromatic carbocycles. The largest absolute Gasteiger partial charge is 0.392 e. The van der Waals surface area contributed by atoms with Crippen LogP contribution < -0.4 is 5.56 Å². The van der Waals surface area contributed by atoms with Crippen LogP contribution in [0.25, 0.3) is 11.0 Å². The molecule has 1 heterocycles. The van der Waals surface area contributed by atoms with Gasteiger partial charge in [0, 0.05) is 5.56 Å². The number of halogens is 2. The predicted molar refractivity (Wildman–Crippen MR) is 52.9 cm³/mol. The van der Waals surface area contributed by atoms with Crippen molar-refractivity contribution in [1.29, 1.82) is 0 Å². The minimum absolute atomic E-state index is 0.0579. The molecule has 4 nitrogen and oxygen atoms in total. The van der Waals surface area contributed by atoms with Crippen LogP contribution in [0.5, 0.6) is 0 Å². The molecule has 0 atom stereocenters. The summed E-state index contributed by atoms with van der Waals surface area (Å²) in [5.74, 6) is -2.31. The number of benzene rings is 1. The zero-order valence-corrected chi connectivity index (χ0v) is 8.34. The lowest BCUT2D eigenvalue weighted by atomic mass is 10.1. The highest BCUT2D eigenvalue weighted by Gasteiger charge is 2.15. The highest BCUT2D eigenvalue weighted by molar-refractivity contribution is 5.75. The Morgan fingerprint density at radius 2 is 2.12 bits per heavy atom. The summed E-state index contributed by atoms with van der Waals surface area (Å²) in [7, 11) is 0. The van der Waals surface area contributed by atoms with Crippen LogP contribution in [0.15, 0.2) is 10.9 Å². The average Bonchev–Trinajstić information content (AvgIpc) is 2.26. The number of aromatic nitrogens is 2. The fourth-order valence-corrected chi connectivity index (χ4v) is 1.42. The number of hydrogen-bond donors (Lipinski definition) is 2.